The summed E-state index contributed by atoms with van der Waals surface area (Å²) in [6.45, 7) is 5.52. The van der Waals surface area contributed by atoms with Crippen LogP contribution in [0.1, 0.15) is 39.0 Å². The summed E-state index contributed by atoms with van der Waals surface area (Å²) in [7, 11) is 0. The van der Waals surface area contributed by atoms with Crippen molar-refractivity contribution in [3.8, 4) is 0 Å². The predicted molar refractivity (Wildman–Crippen MR) is 84.5 cm³/mol. The first-order valence-electron chi connectivity index (χ1n) is 7.94. The highest BCUT2D eigenvalue weighted by Gasteiger charge is 2.55. The standard InChI is InChI=1S/C13H17NO4.C3H7NO2/c1-2-10(15)18-8-7-13-6-4-3-5-9(13)11(16)14-12(13)17;1-2-6-3(4)5/h2,9H,1,3-8H2,(H,14,16,17);2H2,1H3,(H2,4,5). The topological polar surface area (TPSA) is 125 Å². The zero-order valence-electron chi connectivity index (χ0n) is 13.8. The monoisotopic (exact) mass is 340 g/mol. The maximum Gasteiger partial charge on any atom is 0.404 e. The van der Waals surface area contributed by atoms with Gasteiger partial charge in [-0.05, 0) is 26.2 Å². The van der Waals surface area contributed by atoms with Crippen LogP contribution in [-0.4, -0.2) is 37.1 Å². The van der Waals surface area contributed by atoms with Crippen LogP contribution in [0.4, 0.5) is 4.79 Å². The van der Waals surface area contributed by atoms with E-state index < -0.39 is 17.5 Å². The second-order valence-electron chi connectivity index (χ2n) is 5.65. The van der Waals surface area contributed by atoms with Crippen molar-refractivity contribution >= 4 is 23.9 Å². The van der Waals surface area contributed by atoms with Gasteiger partial charge >= 0.3 is 12.1 Å². The molecule has 8 heteroatoms. The summed E-state index contributed by atoms with van der Waals surface area (Å²) < 4.78 is 9.11. The Morgan fingerprint density at radius 2 is 2.08 bits per heavy atom. The molecule has 24 heavy (non-hydrogen) atoms. The third-order valence-corrected chi connectivity index (χ3v) is 4.28. The molecule has 0 aromatic carbocycles. The van der Waals surface area contributed by atoms with E-state index in [9.17, 15) is 19.2 Å². The molecule has 2 rings (SSSR count). The van der Waals surface area contributed by atoms with Gasteiger partial charge in [0.15, 0.2) is 0 Å². The summed E-state index contributed by atoms with van der Waals surface area (Å²) in [6, 6.07) is 0. The molecular weight excluding hydrogens is 316 g/mol. The minimum Gasteiger partial charge on any atom is -0.463 e. The lowest BCUT2D eigenvalue weighted by Gasteiger charge is -2.34. The lowest BCUT2D eigenvalue weighted by atomic mass is 9.66. The molecule has 0 aromatic heterocycles. The molecule has 8 nitrogen and oxygen atoms in total. The highest BCUT2D eigenvalue weighted by molar-refractivity contribution is 6.07. The molecule has 1 saturated heterocycles. The third kappa shape index (κ3) is 4.81. The average Bonchev–Trinajstić information content (AvgIpc) is 2.79. The number of hydrogen-bond acceptors (Lipinski definition) is 6. The molecule has 3 N–H and O–H groups in total. The minimum atomic E-state index is -0.711. The molecular formula is C16H24N2O6. The lowest BCUT2D eigenvalue weighted by molar-refractivity contribution is -0.141. The summed E-state index contributed by atoms with van der Waals surface area (Å²) in [5.74, 6) is -1.12. The van der Waals surface area contributed by atoms with Gasteiger partial charge in [-0.2, -0.15) is 0 Å². The Morgan fingerprint density at radius 3 is 2.62 bits per heavy atom. The summed E-state index contributed by atoms with van der Waals surface area (Å²) in [4.78, 5) is 44.3. The highest BCUT2D eigenvalue weighted by Crippen LogP contribution is 2.47. The van der Waals surface area contributed by atoms with Crippen molar-refractivity contribution in [2.24, 2.45) is 17.1 Å². The van der Waals surface area contributed by atoms with Crippen LogP contribution < -0.4 is 11.1 Å². The number of fused-ring (bicyclic) bond motifs is 1. The average molecular weight is 340 g/mol. The highest BCUT2D eigenvalue weighted by atomic mass is 16.5. The molecule has 0 spiro atoms. The molecule has 1 saturated carbocycles. The van der Waals surface area contributed by atoms with E-state index in [0.717, 1.165) is 25.3 Å². The van der Waals surface area contributed by atoms with Crippen LogP contribution >= 0.6 is 0 Å². The lowest BCUT2D eigenvalue weighted by Crippen LogP contribution is -2.38. The normalized spacial score (nSPS) is 24.8. The summed E-state index contributed by atoms with van der Waals surface area (Å²) in [6.07, 6.45) is 4.14. The van der Waals surface area contributed by atoms with Crippen LogP contribution in [0.25, 0.3) is 0 Å². The van der Waals surface area contributed by atoms with E-state index >= 15 is 0 Å². The van der Waals surface area contributed by atoms with Crippen LogP contribution in [0.3, 0.4) is 0 Å². The Morgan fingerprint density at radius 1 is 1.38 bits per heavy atom. The number of carbonyl (C=O) groups excluding carboxylic acids is 4. The molecule has 0 bridgehead atoms. The van der Waals surface area contributed by atoms with Gasteiger partial charge < -0.3 is 15.2 Å². The number of amides is 3. The van der Waals surface area contributed by atoms with Gasteiger partial charge in [0.25, 0.3) is 0 Å². The van der Waals surface area contributed by atoms with Crippen molar-refractivity contribution in [2.75, 3.05) is 13.2 Å². The number of carbonyl (C=O) groups is 4. The molecule has 1 aliphatic carbocycles. The Balaban J connectivity index is 0.000000413. The fourth-order valence-electron chi connectivity index (χ4n) is 3.16. The second-order valence-corrected chi connectivity index (χ2v) is 5.65. The summed E-state index contributed by atoms with van der Waals surface area (Å²) in [5, 5.41) is 2.41. The van der Waals surface area contributed by atoms with Gasteiger partial charge in [0.2, 0.25) is 11.8 Å². The van der Waals surface area contributed by atoms with Crippen LogP contribution in [0.15, 0.2) is 12.7 Å². The first-order chi connectivity index (χ1) is 11.4. The number of hydrogen-bond donors (Lipinski definition) is 2. The zero-order chi connectivity index (χ0) is 18.2. The van der Waals surface area contributed by atoms with Gasteiger partial charge in [-0.15, -0.1) is 0 Å². The van der Waals surface area contributed by atoms with E-state index in [-0.39, 0.29) is 24.3 Å². The number of nitrogens with two attached hydrogens (primary N) is 1. The van der Waals surface area contributed by atoms with Gasteiger partial charge in [0.05, 0.1) is 24.5 Å². The van der Waals surface area contributed by atoms with Crippen LogP contribution in [0, 0.1) is 11.3 Å². The van der Waals surface area contributed by atoms with E-state index in [4.69, 9.17) is 4.74 Å². The molecule has 0 aromatic rings. The van der Waals surface area contributed by atoms with Gasteiger partial charge in [0, 0.05) is 6.08 Å². The molecule has 2 aliphatic rings. The van der Waals surface area contributed by atoms with E-state index in [1.165, 1.54) is 0 Å². The van der Waals surface area contributed by atoms with Gasteiger partial charge in [-0.3, -0.25) is 14.9 Å². The van der Waals surface area contributed by atoms with Gasteiger partial charge in [0.1, 0.15) is 0 Å². The smallest absolute Gasteiger partial charge is 0.404 e. The van der Waals surface area contributed by atoms with Crippen molar-refractivity contribution in [3.05, 3.63) is 12.7 Å². The fourth-order valence-corrected chi connectivity index (χ4v) is 3.16. The van der Waals surface area contributed by atoms with Crippen LogP contribution in [-0.2, 0) is 23.9 Å². The molecule has 2 fully saturated rings. The fraction of sp³-hybridized carbons (Fsp3) is 0.625. The number of rotatable bonds is 5. The summed E-state index contributed by atoms with van der Waals surface area (Å²) >= 11 is 0. The largest absolute Gasteiger partial charge is 0.463 e. The zero-order valence-corrected chi connectivity index (χ0v) is 13.8. The first kappa shape index (κ1) is 19.7. The molecule has 2 atom stereocenters. The SMILES string of the molecule is C=CC(=O)OCCC12CCCCC1C(=O)NC2=O.CCOC(N)=O. The molecule has 0 radical (unpaired) electrons. The van der Waals surface area contributed by atoms with Crippen molar-refractivity contribution in [1.29, 1.82) is 0 Å². The van der Waals surface area contributed by atoms with Crippen molar-refractivity contribution in [1.82, 2.24) is 5.32 Å². The number of nitrogens with one attached hydrogen (secondary N) is 1. The molecule has 1 heterocycles. The maximum absolute atomic E-state index is 12.0. The van der Waals surface area contributed by atoms with Crippen LogP contribution in [0.5, 0.6) is 0 Å². The first-order valence-corrected chi connectivity index (χ1v) is 7.94. The number of esters is 1. The molecule has 1 aliphatic heterocycles. The minimum absolute atomic E-state index is 0.155. The third-order valence-electron chi connectivity index (χ3n) is 4.28. The predicted octanol–water partition coefficient (Wildman–Crippen LogP) is 1.04. The van der Waals surface area contributed by atoms with Crippen molar-refractivity contribution in [2.45, 2.75) is 39.0 Å². The van der Waals surface area contributed by atoms with E-state index in [0.29, 0.717) is 19.4 Å². The number of primary amides is 1. The maximum atomic E-state index is 12.0. The number of ether oxygens (including phenoxy) is 2. The van der Waals surface area contributed by atoms with Gasteiger partial charge in [-0.1, -0.05) is 19.4 Å². The van der Waals surface area contributed by atoms with Crippen LogP contribution in [0.2, 0.25) is 0 Å². The Labute approximate surface area is 140 Å². The molecule has 2 unspecified atom stereocenters. The Bertz CT molecular complexity index is 519. The number of imide groups is 1. The Kier molecular flexibility index (Phi) is 7.41. The van der Waals surface area contributed by atoms with Gasteiger partial charge in [-0.25, -0.2) is 9.59 Å². The van der Waals surface area contributed by atoms with E-state index in [2.05, 4.69) is 22.4 Å². The quantitative estimate of drug-likeness (QED) is 0.438. The van der Waals surface area contributed by atoms with E-state index in [1.54, 1.807) is 6.92 Å². The van der Waals surface area contributed by atoms with E-state index in [1.807, 2.05) is 0 Å². The Hall–Kier alpha value is -2.38. The van der Waals surface area contributed by atoms with Crippen molar-refractivity contribution in [3.63, 3.8) is 0 Å². The summed E-state index contributed by atoms with van der Waals surface area (Å²) in [5.41, 5.74) is 3.89. The molecule has 134 valence electrons. The van der Waals surface area contributed by atoms with Crippen molar-refractivity contribution < 1.29 is 28.7 Å². The molecule has 3 amide bonds. The second kappa shape index (κ2) is 9.05.